The van der Waals surface area contributed by atoms with Gasteiger partial charge >= 0.3 is 0 Å². The molecule has 0 unspecified atom stereocenters. The van der Waals surface area contributed by atoms with Gasteiger partial charge in [0.15, 0.2) is 0 Å². The van der Waals surface area contributed by atoms with Gasteiger partial charge in [-0.3, -0.25) is 4.98 Å². The van der Waals surface area contributed by atoms with Crippen LogP contribution in [0.25, 0.3) is 11.3 Å². The number of hydrogen-bond donors (Lipinski definition) is 0. The van der Waals surface area contributed by atoms with Crippen LogP contribution in [-0.4, -0.2) is 4.98 Å². The molecular weight excluding hydrogens is 261 g/mol. The Labute approximate surface area is 127 Å². The Hall–Kier alpha value is -1.70. The van der Waals surface area contributed by atoms with E-state index in [1.165, 1.54) is 5.56 Å². The summed E-state index contributed by atoms with van der Waals surface area (Å²) in [6.07, 6.45) is 1.84. The number of hydrogen-bond acceptors (Lipinski definition) is 1. The molecule has 112 valence electrons. The molecule has 1 aromatic carbocycles. The molecule has 0 saturated carbocycles. The number of aromatic nitrogens is 1. The maximum absolute atomic E-state index is 14.2. The fourth-order valence-corrected chi connectivity index (χ4v) is 2.31. The highest BCUT2D eigenvalue weighted by Crippen LogP contribution is 2.32. The van der Waals surface area contributed by atoms with Gasteiger partial charge in [-0.05, 0) is 61.1 Å². The summed E-state index contributed by atoms with van der Waals surface area (Å²) in [4.78, 5) is 4.48. The summed E-state index contributed by atoms with van der Waals surface area (Å²) in [5.74, 6) is 0. The zero-order valence-corrected chi connectivity index (χ0v) is 13.8. The van der Waals surface area contributed by atoms with E-state index in [-0.39, 0.29) is 5.41 Å². The van der Waals surface area contributed by atoms with Crippen molar-refractivity contribution in [3.63, 3.8) is 0 Å². The first-order valence-electron chi connectivity index (χ1n) is 7.36. The molecule has 2 rings (SSSR count). The van der Waals surface area contributed by atoms with Gasteiger partial charge in [-0.25, -0.2) is 4.39 Å². The Balaban J connectivity index is 2.57. The molecule has 1 aromatic heterocycles. The molecule has 0 amide bonds. The maximum atomic E-state index is 14.2. The highest BCUT2D eigenvalue weighted by atomic mass is 19.1. The van der Waals surface area contributed by atoms with Gasteiger partial charge in [-0.1, -0.05) is 32.9 Å². The van der Waals surface area contributed by atoms with Crippen LogP contribution in [0.1, 0.15) is 51.3 Å². The second-order valence-corrected chi connectivity index (χ2v) is 7.18. The van der Waals surface area contributed by atoms with Crippen LogP contribution < -0.4 is 0 Å². The van der Waals surface area contributed by atoms with Crippen LogP contribution in [-0.2, 0) is 11.1 Å². The van der Waals surface area contributed by atoms with Crippen molar-refractivity contribution in [3.8, 4) is 11.3 Å². The number of rotatable bonds is 2. The van der Waals surface area contributed by atoms with Crippen molar-refractivity contribution in [3.05, 3.63) is 53.2 Å². The lowest BCUT2D eigenvalue weighted by molar-refractivity contribution is 0.221. The van der Waals surface area contributed by atoms with E-state index >= 15 is 0 Å². The van der Waals surface area contributed by atoms with Crippen molar-refractivity contribution in [1.82, 2.24) is 4.98 Å². The van der Waals surface area contributed by atoms with Crippen molar-refractivity contribution in [2.75, 3.05) is 0 Å². The first-order valence-corrected chi connectivity index (χ1v) is 7.36. The van der Waals surface area contributed by atoms with E-state index in [0.29, 0.717) is 5.56 Å². The monoisotopic (exact) mass is 285 g/mol. The minimum Gasteiger partial charge on any atom is -0.256 e. The van der Waals surface area contributed by atoms with Crippen LogP contribution in [0.5, 0.6) is 0 Å². The van der Waals surface area contributed by atoms with Crippen molar-refractivity contribution < 1.29 is 4.39 Å². The van der Waals surface area contributed by atoms with Crippen molar-refractivity contribution >= 4 is 0 Å². The Morgan fingerprint density at radius 1 is 0.905 bits per heavy atom. The number of pyridine rings is 1. The number of nitrogens with zero attached hydrogens (tertiary/aromatic N) is 1. The predicted molar refractivity (Wildman–Crippen MR) is 87.2 cm³/mol. The molecular formula is C19H24FN. The smallest absolute Gasteiger partial charge is 0.130 e. The van der Waals surface area contributed by atoms with Gasteiger partial charge in [0, 0.05) is 11.8 Å². The average molecular weight is 285 g/mol. The van der Waals surface area contributed by atoms with Crippen LogP contribution in [0.3, 0.4) is 0 Å². The lowest BCUT2D eigenvalue weighted by Gasteiger charge is -2.20. The molecule has 0 aliphatic heterocycles. The molecule has 0 radical (unpaired) electrons. The third kappa shape index (κ3) is 3.49. The van der Waals surface area contributed by atoms with Gasteiger partial charge in [0.25, 0.3) is 0 Å². The van der Waals surface area contributed by atoms with E-state index in [9.17, 15) is 4.39 Å². The largest absolute Gasteiger partial charge is 0.256 e. The number of halogens is 1. The topological polar surface area (TPSA) is 12.9 Å². The molecule has 0 N–H and O–H groups in total. The number of benzene rings is 1. The van der Waals surface area contributed by atoms with Crippen LogP contribution in [0.15, 0.2) is 36.5 Å². The quantitative estimate of drug-likeness (QED) is 0.704. The minimum atomic E-state index is -1.34. The normalized spacial score (nSPS) is 12.5. The molecule has 21 heavy (non-hydrogen) atoms. The Kier molecular flexibility index (Phi) is 3.92. The molecule has 0 aliphatic rings. The highest BCUT2D eigenvalue weighted by molar-refractivity contribution is 5.65. The van der Waals surface area contributed by atoms with Gasteiger partial charge in [0.1, 0.15) is 5.67 Å². The summed E-state index contributed by atoms with van der Waals surface area (Å²) in [6.45, 7) is 11.7. The summed E-state index contributed by atoms with van der Waals surface area (Å²) in [7, 11) is 0. The van der Waals surface area contributed by atoms with Gasteiger partial charge in [0.05, 0.1) is 5.69 Å². The summed E-state index contributed by atoms with van der Waals surface area (Å²) >= 11 is 0. The summed E-state index contributed by atoms with van der Waals surface area (Å²) < 4.78 is 14.2. The molecule has 0 aliphatic carbocycles. The number of aryl methyl sites for hydroxylation is 1. The fourth-order valence-electron chi connectivity index (χ4n) is 2.31. The van der Waals surface area contributed by atoms with E-state index in [1.54, 1.807) is 13.8 Å². The molecule has 2 heteroatoms. The highest BCUT2D eigenvalue weighted by Gasteiger charge is 2.21. The van der Waals surface area contributed by atoms with Gasteiger partial charge in [0.2, 0.25) is 0 Å². The third-order valence-corrected chi connectivity index (χ3v) is 3.83. The molecule has 2 aromatic rings. The van der Waals surface area contributed by atoms with E-state index in [2.05, 4.69) is 31.8 Å². The SMILES string of the molecule is Cc1ccc(C(C)(C)F)cc1-c1cc(C(C)(C)C)ccn1. The van der Waals surface area contributed by atoms with Crippen LogP contribution in [0.2, 0.25) is 0 Å². The summed E-state index contributed by atoms with van der Waals surface area (Å²) in [6, 6.07) is 9.90. The molecule has 0 bridgehead atoms. The van der Waals surface area contributed by atoms with Gasteiger partial charge in [-0.15, -0.1) is 0 Å². The first-order chi connectivity index (χ1) is 9.59. The van der Waals surface area contributed by atoms with E-state index in [0.717, 1.165) is 16.8 Å². The van der Waals surface area contributed by atoms with E-state index < -0.39 is 5.67 Å². The number of alkyl halides is 1. The summed E-state index contributed by atoms with van der Waals surface area (Å²) in [5.41, 5.74) is 3.67. The van der Waals surface area contributed by atoms with E-state index in [4.69, 9.17) is 0 Å². The summed E-state index contributed by atoms with van der Waals surface area (Å²) in [5, 5.41) is 0. The molecule has 0 saturated heterocycles. The second kappa shape index (κ2) is 5.25. The molecule has 0 atom stereocenters. The Morgan fingerprint density at radius 3 is 2.14 bits per heavy atom. The first kappa shape index (κ1) is 15.7. The van der Waals surface area contributed by atoms with Crippen LogP contribution in [0, 0.1) is 6.92 Å². The van der Waals surface area contributed by atoms with Crippen molar-refractivity contribution in [2.24, 2.45) is 0 Å². The lowest BCUT2D eigenvalue weighted by atomic mass is 9.86. The Morgan fingerprint density at radius 2 is 1.57 bits per heavy atom. The molecule has 0 spiro atoms. The molecule has 1 heterocycles. The van der Waals surface area contributed by atoms with E-state index in [1.807, 2.05) is 37.4 Å². The minimum absolute atomic E-state index is 0.0720. The predicted octanol–water partition coefficient (Wildman–Crippen LogP) is 5.56. The Bertz CT molecular complexity index is 645. The standard InChI is InChI=1S/C19H24FN/c1-13-7-8-15(19(5,6)20)11-16(13)17-12-14(9-10-21-17)18(2,3)4/h7-12H,1-6H3. The maximum Gasteiger partial charge on any atom is 0.130 e. The lowest BCUT2D eigenvalue weighted by Crippen LogP contribution is -2.12. The van der Waals surface area contributed by atoms with Crippen LogP contribution >= 0.6 is 0 Å². The third-order valence-electron chi connectivity index (χ3n) is 3.83. The van der Waals surface area contributed by atoms with Crippen LogP contribution in [0.4, 0.5) is 4.39 Å². The van der Waals surface area contributed by atoms with Crippen molar-refractivity contribution in [1.29, 1.82) is 0 Å². The van der Waals surface area contributed by atoms with Gasteiger partial charge < -0.3 is 0 Å². The zero-order valence-electron chi connectivity index (χ0n) is 13.8. The second-order valence-electron chi connectivity index (χ2n) is 7.18. The molecule has 1 nitrogen and oxygen atoms in total. The average Bonchev–Trinajstić information content (AvgIpc) is 2.37. The van der Waals surface area contributed by atoms with Crippen molar-refractivity contribution in [2.45, 2.75) is 52.6 Å². The molecule has 0 fully saturated rings. The zero-order chi connectivity index (χ0) is 15.8. The fraction of sp³-hybridized carbons (Fsp3) is 0.421. The van der Waals surface area contributed by atoms with Gasteiger partial charge in [-0.2, -0.15) is 0 Å².